The number of nitrogen functional groups attached to an aromatic ring is 1. The lowest BCUT2D eigenvalue weighted by Gasteiger charge is -2.22. The summed E-state index contributed by atoms with van der Waals surface area (Å²) in [6.07, 6.45) is 0.534. The van der Waals surface area contributed by atoms with Crippen molar-refractivity contribution in [1.29, 1.82) is 0 Å². The van der Waals surface area contributed by atoms with Gasteiger partial charge in [-0.3, -0.25) is 0 Å². The van der Waals surface area contributed by atoms with E-state index in [1.807, 2.05) is 0 Å². The molecular formula is C11H15FN2O2S. The van der Waals surface area contributed by atoms with Crippen LogP contribution in [-0.4, -0.2) is 33.0 Å². The van der Waals surface area contributed by atoms with E-state index in [4.69, 9.17) is 5.73 Å². The van der Waals surface area contributed by atoms with E-state index in [0.717, 1.165) is 0 Å². The molecule has 1 fully saturated rings. The third-order valence-corrected chi connectivity index (χ3v) is 4.58. The molecule has 1 heterocycles. The van der Waals surface area contributed by atoms with Crippen LogP contribution in [0.3, 0.4) is 0 Å². The van der Waals surface area contributed by atoms with Crippen LogP contribution in [0.4, 0.5) is 15.8 Å². The van der Waals surface area contributed by atoms with Crippen LogP contribution >= 0.6 is 0 Å². The molecule has 0 aromatic heterocycles. The Hall–Kier alpha value is -1.30. The van der Waals surface area contributed by atoms with Crippen molar-refractivity contribution >= 4 is 21.2 Å². The molecule has 0 atom stereocenters. The average molecular weight is 258 g/mol. The minimum atomic E-state index is -2.97. The molecule has 0 saturated carbocycles. The van der Waals surface area contributed by atoms with Crippen LogP contribution in [0.5, 0.6) is 0 Å². The maximum Gasteiger partial charge on any atom is 0.152 e. The lowest BCUT2D eigenvalue weighted by atomic mass is 10.2. The summed E-state index contributed by atoms with van der Waals surface area (Å²) in [6.45, 7) is 0.892. The third kappa shape index (κ3) is 2.88. The predicted molar refractivity (Wildman–Crippen MR) is 66.3 cm³/mol. The van der Waals surface area contributed by atoms with Gasteiger partial charge >= 0.3 is 0 Å². The summed E-state index contributed by atoms with van der Waals surface area (Å²) in [5.74, 6) is -0.138. The van der Waals surface area contributed by atoms with Crippen molar-refractivity contribution in [2.45, 2.75) is 6.42 Å². The Morgan fingerprint density at radius 2 is 2.00 bits per heavy atom. The van der Waals surface area contributed by atoms with Crippen LogP contribution in [0.25, 0.3) is 0 Å². The van der Waals surface area contributed by atoms with E-state index in [2.05, 4.69) is 0 Å². The topological polar surface area (TPSA) is 63.4 Å². The lowest BCUT2D eigenvalue weighted by molar-refractivity contribution is 0.596. The average Bonchev–Trinajstić information content (AvgIpc) is 2.40. The Labute approximate surface area is 100 Å². The first-order valence-electron chi connectivity index (χ1n) is 5.48. The fraction of sp³-hybridized carbons (Fsp3) is 0.455. The first-order chi connectivity index (χ1) is 7.98. The molecule has 1 aromatic carbocycles. The van der Waals surface area contributed by atoms with Gasteiger partial charge in [0.2, 0.25) is 0 Å². The molecule has 0 radical (unpaired) electrons. The first-order valence-corrected chi connectivity index (χ1v) is 7.30. The molecule has 0 amide bonds. The molecule has 1 aromatic rings. The van der Waals surface area contributed by atoms with Crippen LogP contribution in [0, 0.1) is 5.82 Å². The van der Waals surface area contributed by atoms with E-state index >= 15 is 0 Å². The zero-order valence-corrected chi connectivity index (χ0v) is 10.2. The fourth-order valence-corrected chi connectivity index (χ4v) is 3.23. The Kier molecular flexibility index (Phi) is 3.24. The summed E-state index contributed by atoms with van der Waals surface area (Å²) in [4.78, 5) is 1.76. The Bertz CT molecular complexity index is 516. The standard InChI is InChI=1S/C11H15FN2O2S/c12-10-8-9(13)2-3-11(10)14-4-1-6-17(15,16)7-5-14/h2-3,8H,1,4-7,13H2. The highest BCUT2D eigenvalue weighted by atomic mass is 32.2. The SMILES string of the molecule is Nc1ccc(N2CCCS(=O)(=O)CC2)c(F)c1. The molecule has 0 spiro atoms. The summed E-state index contributed by atoms with van der Waals surface area (Å²) in [5.41, 5.74) is 6.27. The summed E-state index contributed by atoms with van der Waals surface area (Å²) >= 11 is 0. The molecule has 1 aliphatic heterocycles. The van der Waals surface area contributed by atoms with Crippen molar-refractivity contribution in [2.75, 3.05) is 35.2 Å². The van der Waals surface area contributed by atoms with Crippen molar-refractivity contribution in [2.24, 2.45) is 0 Å². The van der Waals surface area contributed by atoms with E-state index in [-0.39, 0.29) is 11.5 Å². The Morgan fingerprint density at radius 1 is 1.24 bits per heavy atom. The number of rotatable bonds is 1. The number of hydrogen-bond donors (Lipinski definition) is 1. The van der Waals surface area contributed by atoms with E-state index < -0.39 is 15.7 Å². The molecule has 94 valence electrons. The number of anilines is 2. The fourth-order valence-electron chi connectivity index (χ4n) is 1.96. The summed E-state index contributed by atoms with van der Waals surface area (Å²) < 4.78 is 36.6. The van der Waals surface area contributed by atoms with Crippen LogP contribution in [0.2, 0.25) is 0 Å². The van der Waals surface area contributed by atoms with Crippen LogP contribution in [0.15, 0.2) is 18.2 Å². The Morgan fingerprint density at radius 3 is 2.71 bits per heavy atom. The van der Waals surface area contributed by atoms with Crippen molar-refractivity contribution in [3.63, 3.8) is 0 Å². The minimum absolute atomic E-state index is 0.0802. The molecule has 0 aliphatic carbocycles. The molecule has 2 rings (SSSR count). The zero-order chi connectivity index (χ0) is 12.5. The summed E-state index contributed by atoms with van der Waals surface area (Å²) in [5, 5.41) is 0. The van der Waals surface area contributed by atoms with Gasteiger partial charge in [-0.15, -0.1) is 0 Å². The molecule has 1 saturated heterocycles. The number of sulfone groups is 1. The van der Waals surface area contributed by atoms with Gasteiger partial charge in [-0.1, -0.05) is 0 Å². The van der Waals surface area contributed by atoms with Crippen molar-refractivity contribution in [3.05, 3.63) is 24.0 Å². The van der Waals surface area contributed by atoms with Gasteiger partial charge in [0.05, 0.1) is 17.2 Å². The number of nitrogens with zero attached hydrogens (tertiary/aromatic N) is 1. The molecule has 2 N–H and O–H groups in total. The number of benzene rings is 1. The van der Waals surface area contributed by atoms with E-state index in [1.165, 1.54) is 6.07 Å². The van der Waals surface area contributed by atoms with Gasteiger partial charge < -0.3 is 10.6 Å². The molecule has 0 bridgehead atoms. The van der Waals surface area contributed by atoms with E-state index in [0.29, 0.717) is 30.9 Å². The highest BCUT2D eigenvalue weighted by molar-refractivity contribution is 7.91. The van der Waals surface area contributed by atoms with Gasteiger partial charge in [0.1, 0.15) is 5.82 Å². The number of hydrogen-bond acceptors (Lipinski definition) is 4. The van der Waals surface area contributed by atoms with Crippen molar-refractivity contribution in [3.8, 4) is 0 Å². The maximum absolute atomic E-state index is 13.7. The van der Waals surface area contributed by atoms with E-state index in [9.17, 15) is 12.8 Å². The molecule has 0 unspecified atom stereocenters. The van der Waals surface area contributed by atoms with Gasteiger partial charge in [-0.2, -0.15) is 0 Å². The van der Waals surface area contributed by atoms with Gasteiger partial charge in [-0.05, 0) is 24.6 Å². The third-order valence-electron chi connectivity index (χ3n) is 2.87. The van der Waals surface area contributed by atoms with Crippen LogP contribution in [0.1, 0.15) is 6.42 Å². The Balaban J connectivity index is 2.23. The summed E-state index contributed by atoms with van der Waals surface area (Å²) in [7, 11) is -2.97. The largest absolute Gasteiger partial charge is 0.399 e. The van der Waals surface area contributed by atoms with Gasteiger partial charge in [-0.25, -0.2) is 12.8 Å². The van der Waals surface area contributed by atoms with Crippen molar-refractivity contribution < 1.29 is 12.8 Å². The van der Waals surface area contributed by atoms with Gasteiger partial charge in [0, 0.05) is 18.8 Å². The molecule has 1 aliphatic rings. The van der Waals surface area contributed by atoms with Crippen LogP contribution < -0.4 is 10.6 Å². The van der Waals surface area contributed by atoms with Crippen molar-refractivity contribution in [1.82, 2.24) is 0 Å². The van der Waals surface area contributed by atoms with Gasteiger partial charge in [0.25, 0.3) is 0 Å². The second-order valence-corrected chi connectivity index (χ2v) is 6.51. The highest BCUT2D eigenvalue weighted by Gasteiger charge is 2.20. The summed E-state index contributed by atoms with van der Waals surface area (Å²) in [6, 6.07) is 4.48. The van der Waals surface area contributed by atoms with Gasteiger partial charge in [0.15, 0.2) is 9.84 Å². The molecule has 4 nitrogen and oxygen atoms in total. The van der Waals surface area contributed by atoms with E-state index in [1.54, 1.807) is 17.0 Å². The molecule has 6 heteroatoms. The lowest BCUT2D eigenvalue weighted by Crippen LogP contribution is -2.27. The number of nitrogens with two attached hydrogens (primary N) is 1. The highest BCUT2D eigenvalue weighted by Crippen LogP contribution is 2.23. The normalized spacial score (nSPS) is 19.9. The predicted octanol–water partition coefficient (Wildman–Crippen LogP) is 1.03. The quantitative estimate of drug-likeness (QED) is 0.764. The minimum Gasteiger partial charge on any atom is -0.399 e. The second kappa shape index (κ2) is 4.52. The molecule has 17 heavy (non-hydrogen) atoms. The second-order valence-electron chi connectivity index (χ2n) is 4.20. The first kappa shape index (κ1) is 12.2. The smallest absolute Gasteiger partial charge is 0.152 e. The maximum atomic E-state index is 13.7. The number of halogens is 1. The van der Waals surface area contributed by atoms with Crippen LogP contribution in [-0.2, 0) is 9.84 Å². The molecular weight excluding hydrogens is 243 g/mol. The monoisotopic (exact) mass is 258 g/mol. The zero-order valence-electron chi connectivity index (χ0n) is 9.39.